The molecule has 3 aromatic rings. The lowest BCUT2D eigenvalue weighted by molar-refractivity contribution is 0.186. The van der Waals surface area contributed by atoms with Crippen LogP contribution in [-0.2, 0) is 34.4 Å². The number of hydrogen-bond acceptors (Lipinski definition) is 4. The van der Waals surface area contributed by atoms with Gasteiger partial charge in [0.25, 0.3) is 5.56 Å². The number of ether oxygens (including phenoxy) is 1. The van der Waals surface area contributed by atoms with Crippen molar-refractivity contribution in [3.05, 3.63) is 100 Å². The monoisotopic (exact) mass is 412 g/mol. The SMILES string of the molecule is COCCn1cc(S(=O)(=O)N(Cc2ccccc2)Cc2ccccc2)ccc1=O. The van der Waals surface area contributed by atoms with Crippen molar-refractivity contribution in [1.82, 2.24) is 8.87 Å². The maximum Gasteiger partial charge on any atom is 0.250 e. The number of rotatable bonds is 9. The predicted molar refractivity (Wildman–Crippen MR) is 112 cm³/mol. The zero-order valence-electron chi connectivity index (χ0n) is 16.3. The minimum absolute atomic E-state index is 0.0834. The highest BCUT2D eigenvalue weighted by atomic mass is 32.2. The molecule has 0 bridgehead atoms. The van der Waals surface area contributed by atoms with Crippen molar-refractivity contribution in [2.24, 2.45) is 0 Å². The van der Waals surface area contributed by atoms with Gasteiger partial charge in [-0.3, -0.25) is 4.79 Å². The third kappa shape index (κ3) is 5.41. The highest BCUT2D eigenvalue weighted by Gasteiger charge is 2.25. The molecule has 3 rings (SSSR count). The molecule has 1 heterocycles. The zero-order chi connectivity index (χ0) is 20.7. The molecule has 0 amide bonds. The van der Waals surface area contributed by atoms with E-state index in [4.69, 9.17) is 4.74 Å². The van der Waals surface area contributed by atoms with Crippen LogP contribution in [0.4, 0.5) is 0 Å². The summed E-state index contributed by atoms with van der Waals surface area (Å²) >= 11 is 0. The van der Waals surface area contributed by atoms with Crippen molar-refractivity contribution in [3.8, 4) is 0 Å². The summed E-state index contributed by atoms with van der Waals surface area (Å²) in [6.45, 7) is 1.07. The van der Waals surface area contributed by atoms with E-state index < -0.39 is 10.0 Å². The molecule has 0 fully saturated rings. The topological polar surface area (TPSA) is 68.6 Å². The highest BCUT2D eigenvalue weighted by molar-refractivity contribution is 7.89. The van der Waals surface area contributed by atoms with Gasteiger partial charge in [0.2, 0.25) is 10.0 Å². The van der Waals surface area contributed by atoms with Crippen LogP contribution < -0.4 is 5.56 Å². The molecule has 0 unspecified atom stereocenters. The van der Waals surface area contributed by atoms with Crippen molar-refractivity contribution >= 4 is 10.0 Å². The summed E-state index contributed by atoms with van der Waals surface area (Å²) in [7, 11) is -2.29. The molecule has 7 heteroatoms. The molecule has 2 aromatic carbocycles. The molecule has 0 N–H and O–H groups in total. The fourth-order valence-electron chi connectivity index (χ4n) is 2.98. The molecule has 0 atom stereocenters. The Balaban J connectivity index is 1.97. The Morgan fingerprint density at radius 2 is 1.41 bits per heavy atom. The van der Waals surface area contributed by atoms with Gasteiger partial charge in [-0.05, 0) is 17.2 Å². The van der Waals surface area contributed by atoms with Gasteiger partial charge in [-0.2, -0.15) is 4.31 Å². The number of methoxy groups -OCH3 is 1. The number of aromatic nitrogens is 1. The number of hydrogen-bond donors (Lipinski definition) is 0. The van der Waals surface area contributed by atoms with Crippen molar-refractivity contribution in [2.75, 3.05) is 13.7 Å². The molecular formula is C22H24N2O4S. The highest BCUT2D eigenvalue weighted by Crippen LogP contribution is 2.20. The van der Waals surface area contributed by atoms with Gasteiger partial charge in [-0.15, -0.1) is 0 Å². The number of nitrogens with zero attached hydrogens (tertiary/aromatic N) is 2. The van der Waals surface area contributed by atoms with Crippen LogP contribution in [-0.4, -0.2) is 31.0 Å². The molecule has 152 valence electrons. The fourth-order valence-corrected chi connectivity index (χ4v) is 4.41. The number of pyridine rings is 1. The first-order valence-corrected chi connectivity index (χ1v) is 10.7. The molecule has 0 aliphatic rings. The van der Waals surface area contributed by atoms with Crippen LogP contribution >= 0.6 is 0 Å². The maximum atomic E-state index is 13.5. The Morgan fingerprint density at radius 1 is 0.862 bits per heavy atom. The van der Waals surface area contributed by atoms with Gasteiger partial charge in [0.05, 0.1) is 11.5 Å². The first-order chi connectivity index (χ1) is 14.0. The summed E-state index contributed by atoms with van der Waals surface area (Å²) in [5.41, 5.74) is 1.51. The van der Waals surface area contributed by atoms with E-state index in [1.165, 1.54) is 34.3 Å². The second-order valence-corrected chi connectivity index (χ2v) is 8.57. The lowest BCUT2D eigenvalue weighted by atomic mass is 10.2. The average Bonchev–Trinajstić information content (AvgIpc) is 2.74. The maximum absolute atomic E-state index is 13.5. The molecule has 6 nitrogen and oxygen atoms in total. The molecule has 29 heavy (non-hydrogen) atoms. The molecule has 0 saturated carbocycles. The minimum atomic E-state index is -3.83. The Labute approximate surface area is 171 Å². The average molecular weight is 413 g/mol. The minimum Gasteiger partial charge on any atom is -0.383 e. The van der Waals surface area contributed by atoms with Gasteiger partial charge in [0.15, 0.2) is 0 Å². The first-order valence-electron chi connectivity index (χ1n) is 9.28. The van der Waals surface area contributed by atoms with E-state index in [1.54, 1.807) is 0 Å². The largest absolute Gasteiger partial charge is 0.383 e. The summed E-state index contributed by atoms with van der Waals surface area (Å²) in [4.78, 5) is 12.1. The van der Waals surface area contributed by atoms with E-state index in [2.05, 4.69) is 0 Å². The van der Waals surface area contributed by atoms with E-state index in [9.17, 15) is 13.2 Å². The number of benzene rings is 2. The second kappa shape index (κ2) is 9.65. The van der Waals surface area contributed by atoms with E-state index in [-0.39, 0.29) is 30.1 Å². The van der Waals surface area contributed by atoms with Crippen LogP contribution in [0.3, 0.4) is 0 Å². The standard InChI is InChI=1S/C22H24N2O4S/c1-28-15-14-23-18-21(12-13-22(23)25)29(26,27)24(16-19-8-4-2-5-9-19)17-20-10-6-3-7-11-20/h2-13,18H,14-17H2,1H3. The van der Waals surface area contributed by atoms with E-state index in [0.717, 1.165) is 11.1 Å². The normalized spacial score (nSPS) is 11.7. The van der Waals surface area contributed by atoms with Gasteiger partial charge in [0.1, 0.15) is 0 Å². The van der Waals surface area contributed by atoms with Gasteiger partial charge >= 0.3 is 0 Å². The summed E-state index contributed by atoms with van der Waals surface area (Å²) < 4.78 is 34.7. The predicted octanol–water partition coefficient (Wildman–Crippen LogP) is 2.89. The van der Waals surface area contributed by atoms with Crippen LogP contribution in [0.2, 0.25) is 0 Å². The third-order valence-corrected chi connectivity index (χ3v) is 6.31. The van der Waals surface area contributed by atoms with E-state index in [0.29, 0.717) is 6.61 Å². The molecule has 0 spiro atoms. The molecule has 1 aromatic heterocycles. The third-order valence-electron chi connectivity index (χ3n) is 4.53. The van der Waals surface area contributed by atoms with E-state index >= 15 is 0 Å². The van der Waals surface area contributed by atoms with Crippen molar-refractivity contribution in [2.45, 2.75) is 24.5 Å². The Hall–Kier alpha value is -2.74. The van der Waals surface area contributed by atoms with Crippen LogP contribution in [0.25, 0.3) is 0 Å². The van der Waals surface area contributed by atoms with E-state index in [1.807, 2.05) is 60.7 Å². The molecular weight excluding hydrogens is 388 g/mol. The molecule has 0 aliphatic carbocycles. The lowest BCUT2D eigenvalue weighted by Gasteiger charge is -2.23. The van der Waals surface area contributed by atoms with Gasteiger partial charge in [0, 0.05) is 39.0 Å². The zero-order valence-corrected chi connectivity index (χ0v) is 17.1. The van der Waals surface area contributed by atoms with Crippen LogP contribution in [0, 0.1) is 0 Å². The Kier molecular flexibility index (Phi) is 6.98. The molecule has 0 saturated heterocycles. The summed E-state index contributed by atoms with van der Waals surface area (Å²) in [5.74, 6) is 0. The van der Waals surface area contributed by atoms with Gasteiger partial charge in [-0.25, -0.2) is 8.42 Å². The number of sulfonamides is 1. The van der Waals surface area contributed by atoms with Crippen LogP contribution in [0.15, 0.2) is 88.7 Å². The summed E-state index contributed by atoms with van der Waals surface area (Å²) in [6, 6.07) is 21.6. The Morgan fingerprint density at radius 3 is 1.93 bits per heavy atom. The van der Waals surface area contributed by atoms with Crippen LogP contribution in [0.5, 0.6) is 0 Å². The van der Waals surface area contributed by atoms with Gasteiger partial charge < -0.3 is 9.30 Å². The quantitative estimate of drug-likeness (QED) is 0.542. The summed E-state index contributed by atoms with van der Waals surface area (Å²) in [5, 5.41) is 0. The summed E-state index contributed by atoms with van der Waals surface area (Å²) in [6.07, 6.45) is 1.39. The van der Waals surface area contributed by atoms with Gasteiger partial charge in [-0.1, -0.05) is 60.7 Å². The van der Waals surface area contributed by atoms with Crippen molar-refractivity contribution in [1.29, 1.82) is 0 Å². The molecule has 0 aliphatic heterocycles. The first kappa shape index (κ1) is 21.0. The lowest BCUT2D eigenvalue weighted by Crippen LogP contribution is -2.32. The van der Waals surface area contributed by atoms with Crippen LogP contribution in [0.1, 0.15) is 11.1 Å². The second-order valence-electron chi connectivity index (χ2n) is 6.63. The van der Waals surface area contributed by atoms with Crippen molar-refractivity contribution < 1.29 is 13.2 Å². The Bertz CT molecular complexity index is 1040. The molecule has 0 radical (unpaired) electrons. The smallest absolute Gasteiger partial charge is 0.250 e. The van der Waals surface area contributed by atoms with Crippen molar-refractivity contribution in [3.63, 3.8) is 0 Å². The fraction of sp³-hybridized carbons (Fsp3) is 0.227.